The van der Waals surface area contributed by atoms with Gasteiger partial charge in [0.25, 0.3) is 5.91 Å². The first-order valence-electron chi connectivity index (χ1n) is 9.48. The number of para-hydroxylation sites is 2. The summed E-state index contributed by atoms with van der Waals surface area (Å²) in [4.78, 5) is 33.7. The maximum atomic E-state index is 14.2. The monoisotopic (exact) mass is 461 g/mol. The molecule has 2 aromatic heterocycles. The number of thiazole rings is 1. The van der Waals surface area contributed by atoms with E-state index in [1.54, 1.807) is 30.3 Å². The summed E-state index contributed by atoms with van der Waals surface area (Å²) < 4.78 is 20.1. The van der Waals surface area contributed by atoms with Crippen molar-refractivity contribution in [3.05, 3.63) is 70.3 Å². The van der Waals surface area contributed by atoms with Gasteiger partial charge in [-0.05, 0) is 51.3 Å². The lowest BCUT2D eigenvalue weighted by atomic mass is 10.1. The molecule has 4 rings (SSSR count). The predicted molar refractivity (Wildman–Crippen MR) is 124 cm³/mol. The molecule has 0 spiro atoms. The smallest absolute Gasteiger partial charge is 0.349 e. The summed E-state index contributed by atoms with van der Waals surface area (Å²) in [6.07, 6.45) is 0.663. The zero-order valence-corrected chi connectivity index (χ0v) is 18.6. The van der Waals surface area contributed by atoms with Crippen LogP contribution in [-0.2, 0) is 0 Å². The van der Waals surface area contributed by atoms with Gasteiger partial charge in [0, 0.05) is 11.9 Å². The second kappa shape index (κ2) is 9.55. The molecule has 4 aromatic rings. The van der Waals surface area contributed by atoms with E-state index in [0.29, 0.717) is 33.8 Å². The molecule has 0 aliphatic rings. The van der Waals surface area contributed by atoms with Gasteiger partial charge in [0.15, 0.2) is 5.13 Å². The van der Waals surface area contributed by atoms with Crippen LogP contribution in [0.25, 0.3) is 21.2 Å². The van der Waals surface area contributed by atoms with Gasteiger partial charge in [-0.1, -0.05) is 35.6 Å². The van der Waals surface area contributed by atoms with Crippen molar-refractivity contribution in [3.8, 4) is 0 Å². The van der Waals surface area contributed by atoms with Crippen LogP contribution in [0.4, 0.5) is 9.52 Å². The van der Waals surface area contributed by atoms with E-state index < -0.39 is 17.3 Å². The standard InChI is InChI=1S/C22H20FN3O3S.ClH/c1-25(2)11-6-12-26(22-24-19-16(23)8-5-10-18(19)30-22)20(27)15-13-14-7-3-4-9-17(14)29-21(15)28;/h3-5,7-10,13H,6,11-12H2,1-2H3;1H. The van der Waals surface area contributed by atoms with Crippen molar-refractivity contribution in [1.82, 2.24) is 9.88 Å². The van der Waals surface area contributed by atoms with Crippen LogP contribution in [-0.4, -0.2) is 43.0 Å². The highest BCUT2D eigenvalue weighted by molar-refractivity contribution is 7.22. The average molecular weight is 462 g/mol. The molecule has 1 amide bonds. The number of hydrogen-bond donors (Lipinski definition) is 0. The molecule has 9 heteroatoms. The molecule has 0 saturated carbocycles. The molecule has 0 N–H and O–H groups in total. The van der Waals surface area contributed by atoms with Gasteiger partial charge in [0.2, 0.25) is 0 Å². The summed E-state index contributed by atoms with van der Waals surface area (Å²) in [5.41, 5.74) is -0.143. The molecule has 31 heavy (non-hydrogen) atoms. The van der Waals surface area contributed by atoms with Crippen molar-refractivity contribution in [2.45, 2.75) is 6.42 Å². The van der Waals surface area contributed by atoms with E-state index in [-0.39, 0.29) is 23.5 Å². The molecule has 0 bridgehead atoms. The zero-order valence-electron chi connectivity index (χ0n) is 17.0. The lowest BCUT2D eigenvalue weighted by Crippen LogP contribution is -2.36. The van der Waals surface area contributed by atoms with E-state index in [4.69, 9.17) is 4.42 Å². The van der Waals surface area contributed by atoms with Crippen LogP contribution < -0.4 is 10.5 Å². The van der Waals surface area contributed by atoms with Gasteiger partial charge in [-0.25, -0.2) is 14.2 Å². The van der Waals surface area contributed by atoms with E-state index in [1.807, 2.05) is 25.1 Å². The molecule has 0 aliphatic heterocycles. The Balaban J connectivity index is 0.00000272. The zero-order chi connectivity index (χ0) is 21.3. The number of nitrogens with zero attached hydrogens (tertiary/aromatic N) is 3. The Labute approximate surface area is 188 Å². The Hall–Kier alpha value is -2.81. The van der Waals surface area contributed by atoms with Crippen molar-refractivity contribution in [1.29, 1.82) is 0 Å². The van der Waals surface area contributed by atoms with E-state index in [2.05, 4.69) is 4.98 Å². The molecule has 2 aromatic carbocycles. The number of hydrogen-bond acceptors (Lipinski definition) is 6. The fourth-order valence-corrected chi connectivity index (χ4v) is 4.21. The Morgan fingerprint density at radius 2 is 1.90 bits per heavy atom. The molecule has 2 heterocycles. The van der Waals surface area contributed by atoms with Gasteiger partial charge in [0.1, 0.15) is 22.5 Å². The highest BCUT2D eigenvalue weighted by Gasteiger charge is 2.25. The quantitative estimate of drug-likeness (QED) is 0.394. The fraction of sp³-hybridized carbons (Fsp3) is 0.227. The Morgan fingerprint density at radius 3 is 2.65 bits per heavy atom. The van der Waals surface area contributed by atoms with Crippen molar-refractivity contribution in [2.24, 2.45) is 0 Å². The number of aromatic nitrogens is 1. The third-order valence-corrected chi connectivity index (χ3v) is 5.74. The lowest BCUT2D eigenvalue weighted by Gasteiger charge is -2.20. The highest BCUT2D eigenvalue weighted by atomic mass is 35.5. The highest BCUT2D eigenvalue weighted by Crippen LogP contribution is 2.31. The van der Waals surface area contributed by atoms with Crippen LogP contribution in [0.1, 0.15) is 16.8 Å². The summed E-state index contributed by atoms with van der Waals surface area (Å²) in [5, 5.41) is 1.01. The lowest BCUT2D eigenvalue weighted by molar-refractivity contribution is 0.0982. The van der Waals surface area contributed by atoms with Gasteiger partial charge in [-0.3, -0.25) is 9.69 Å². The summed E-state index contributed by atoms with van der Waals surface area (Å²) in [6.45, 7) is 1.08. The summed E-state index contributed by atoms with van der Waals surface area (Å²) in [7, 11) is 3.88. The van der Waals surface area contributed by atoms with Crippen LogP contribution in [0, 0.1) is 5.82 Å². The van der Waals surface area contributed by atoms with Crippen molar-refractivity contribution in [2.75, 3.05) is 32.1 Å². The van der Waals surface area contributed by atoms with Crippen LogP contribution in [0.15, 0.2) is 57.7 Å². The maximum absolute atomic E-state index is 14.2. The van der Waals surface area contributed by atoms with Gasteiger partial charge < -0.3 is 9.32 Å². The van der Waals surface area contributed by atoms with E-state index >= 15 is 0 Å². The molecular formula is C22H21ClFN3O3S. The number of carbonyl (C=O) groups excluding carboxylic acids is 1. The second-order valence-corrected chi connectivity index (χ2v) is 8.19. The predicted octanol–water partition coefficient (Wildman–Crippen LogP) is 4.56. The van der Waals surface area contributed by atoms with Crippen LogP contribution in [0.5, 0.6) is 0 Å². The number of carbonyl (C=O) groups is 1. The third-order valence-electron chi connectivity index (χ3n) is 4.69. The molecule has 162 valence electrons. The van der Waals surface area contributed by atoms with Gasteiger partial charge >= 0.3 is 5.63 Å². The SMILES string of the molecule is CN(C)CCCN(C(=O)c1cc2ccccc2oc1=O)c1nc2c(F)cccc2s1.Cl. The first-order valence-corrected chi connectivity index (χ1v) is 10.3. The average Bonchev–Trinajstić information content (AvgIpc) is 3.15. The molecule has 0 unspecified atom stereocenters. The molecular weight excluding hydrogens is 441 g/mol. The van der Waals surface area contributed by atoms with E-state index in [0.717, 1.165) is 6.54 Å². The summed E-state index contributed by atoms with van der Waals surface area (Å²) >= 11 is 1.22. The van der Waals surface area contributed by atoms with E-state index in [9.17, 15) is 14.0 Å². The molecule has 0 radical (unpaired) electrons. The first kappa shape index (κ1) is 22.9. The Morgan fingerprint density at radius 1 is 1.13 bits per heavy atom. The Kier molecular flexibility index (Phi) is 7.04. The number of anilines is 1. The topological polar surface area (TPSA) is 66.7 Å². The number of fused-ring (bicyclic) bond motifs is 2. The molecule has 0 saturated heterocycles. The van der Waals surface area contributed by atoms with Gasteiger partial charge in [-0.2, -0.15) is 0 Å². The number of amides is 1. The van der Waals surface area contributed by atoms with Crippen molar-refractivity contribution >= 4 is 56.0 Å². The van der Waals surface area contributed by atoms with Crippen molar-refractivity contribution < 1.29 is 13.6 Å². The van der Waals surface area contributed by atoms with E-state index in [1.165, 1.54) is 28.4 Å². The van der Waals surface area contributed by atoms with Gasteiger partial charge in [0.05, 0.1) is 4.70 Å². The van der Waals surface area contributed by atoms with Crippen LogP contribution in [0.3, 0.4) is 0 Å². The summed E-state index contributed by atoms with van der Waals surface area (Å²) in [6, 6.07) is 13.3. The largest absolute Gasteiger partial charge is 0.422 e. The minimum absolute atomic E-state index is 0. The molecule has 0 fully saturated rings. The molecule has 0 atom stereocenters. The second-order valence-electron chi connectivity index (χ2n) is 7.18. The Bertz CT molecular complexity index is 1290. The first-order chi connectivity index (χ1) is 14.4. The third kappa shape index (κ3) is 4.76. The minimum atomic E-state index is -0.705. The van der Waals surface area contributed by atoms with Crippen LogP contribution >= 0.6 is 23.7 Å². The fourth-order valence-electron chi connectivity index (χ4n) is 3.20. The normalized spacial score (nSPS) is 11.1. The molecule has 0 aliphatic carbocycles. The molecule has 6 nitrogen and oxygen atoms in total. The van der Waals surface area contributed by atoms with Crippen LogP contribution in [0.2, 0.25) is 0 Å². The van der Waals surface area contributed by atoms with Gasteiger partial charge in [-0.15, -0.1) is 12.4 Å². The number of halogens is 2. The minimum Gasteiger partial charge on any atom is -0.422 e. The number of rotatable bonds is 6. The van der Waals surface area contributed by atoms with Crippen molar-refractivity contribution in [3.63, 3.8) is 0 Å². The maximum Gasteiger partial charge on any atom is 0.349 e. The number of benzene rings is 2. The summed E-state index contributed by atoms with van der Waals surface area (Å²) in [5.74, 6) is -0.950.